The van der Waals surface area contributed by atoms with Gasteiger partial charge in [0.1, 0.15) is 6.33 Å². The number of para-hydroxylation sites is 2. The number of imidazole rings is 1. The van der Waals surface area contributed by atoms with E-state index in [9.17, 15) is 16.8 Å². The molecule has 7 nitrogen and oxygen atoms in total. The molecule has 0 aliphatic heterocycles. The van der Waals surface area contributed by atoms with E-state index in [1.54, 1.807) is 31.3 Å². The molecule has 0 unspecified atom stereocenters. The number of nitrogens with zero attached hydrogens (tertiary/aromatic N) is 3. The van der Waals surface area contributed by atoms with Crippen LogP contribution in [-0.2, 0) is 20.0 Å². The van der Waals surface area contributed by atoms with Gasteiger partial charge in [-0.3, -0.25) is 0 Å². The molecule has 0 bridgehead atoms. The highest BCUT2D eigenvalue weighted by atomic mass is 32.2. The van der Waals surface area contributed by atoms with Crippen molar-refractivity contribution in [1.82, 2.24) is 13.3 Å². The Bertz CT molecular complexity index is 1230. The predicted molar refractivity (Wildman–Crippen MR) is 111 cm³/mol. The van der Waals surface area contributed by atoms with Gasteiger partial charge in [0.25, 0.3) is 10.0 Å². The van der Waals surface area contributed by atoms with Gasteiger partial charge in [0.2, 0.25) is 10.0 Å². The summed E-state index contributed by atoms with van der Waals surface area (Å²) in [5.41, 5.74) is 1.05. The van der Waals surface area contributed by atoms with Crippen LogP contribution in [0.2, 0.25) is 0 Å². The lowest BCUT2D eigenvalue weighted by Crippen LogP contribution is -2.38. The molecule has 0 amide bonds. The molecule has 0 spiro atoms. The van der Waals surface area contributed by atoms with E-state index in [4.69, 9.17) is 0 Å². The van der Waals surface area contributed by atoms with Gasteiger partial charge in [-0.15, -0.1) is 0 Å². The lowest BCUT2D eigenvalue weighted by Gasteiger charge is -2.30. The molecule has 2 aromatic carbocycles. The summed E-state index contributed by atoms with van der Waals surface area (Å²) in [5, 5.41) is 0. The predicted octanol–water partition coefficient (Wildman–Crippen LogP) is 3.23. The minimum absolute atomic E-state index is 0.00512. The van der Waals surface area contributed by atoms with Crippen LogP contribution < -0.4 is 0 Å². The fourth-order valence-corrected chi connectivity index (χ4v) is 6.54. The average Bonchev–Trinajstić information content (AvgIpc) is 3.19. The number of aromatic nitrogens is 2. The van der Waals surface area contributed by atoms with Crippen LogP contribution >= 0.6 is 0 Å². The molecule has 29 heavy (non-hydrogen) atoms. The van der Waals surface area contributed by atoms with E-state index in [1.165, 1.54) is 34.9 Å². The third kappa shape index (κ3) is 3.58. The number of sulfonamides is 1. The number of hydrogen-bond donors (Lipinski definition) is 0. The number of fused-ring (bicyclic) bond motifs is 1. The van der Waals surface area contributed by atoms with Gasteiger partial charge in [-0.2, -0.15) is 4.31 Å². The molecule has 3 aromatic rings. The van der Waals surface area contributed by atoms with Crippen LogP contribution in [0.4, 0.5) is 0 Å². The maximum atomic E-state index is 13.0. The average molecular weight is 434 g/mol. The summed E-state index contributed by atoms with van der Waals surface area (Å²) in [5.74, 6) is 0. The Hall–Kier alpha value is -2.23. The van der Waals surface area contributed by atoms with Crippen molar-refractivity contribution in [3.8, 4) is 0 Å². The van der Waals surface area contributed by atoms with Crippen molar-refractivity contribution in [1.29, 1.82) is 0 Å². The summed E-state index contributed by atoms with van der Waals surface area (Å²) in [7, 11) is -5.94. The standard InChI is InChI=1S/C20H23N3O4S2/c1-22(16-7-3-2-4-8-16)28(24,25)17-11-13-18(14-12-17)29(26,27)23-15-21-19-9-5-6-10-20(19)23/h5-6,9-16H,2-4,7-8H2,1H3. The van der Waals surface area contributed by atoms with E-state index in [-0.39, 0.29) is 15.8 Å². The second-order valence-electron chi connectivity index (χ2n) is 7.32. The first-order valence-electron chi connectivity index (χ1n) is 9.57. The summed E-state index contributed by atoms with van der Waals surface area (Å²) in [6.07, 6.45) is 6.17. The first-order valence-corrected chi connectivity index (χ1v) is 12.5. The van der Waals surface area contributed by atoms with E-state index in [0.717, 1.165) is 36.1 Å². The minimum atomic E-state index is -3.88. The zero-order valence-electron chi connectivity index (χ0n) is 16.1. The van der Waals surface area contributed by atoms with Crippen LogP contribution in [0.15, 0.2) is 64.6 Å². The zero-order valence-corrected chi connectivity index (χ0v) is 17.7. The summed E-state index contributed by atoms with van der Waals surface area (Å²) >= 11 is 0. The third-order valence-electron chi connectivity index (χ3n) is 5.57. The van der Waals surface area contributed by atoms with E-state index < -0.39 is 20.0 Å². The van der Waals surface area contributed by atoms with Gasteiger partial charge in [-0.1, -0.05) is 31.4 Å². The molecule has 1 fully saturated rings. The minimum Gasteiger partial charge on any atom is -0.236 e. The van der Waals surface area contributed by atoms with Crippen molar-refractivity contribution in [3.05, 3.63) is 54.9 Å². The van der Waals surface area contributed by atoms with Gasteiger partial charge in [-0.25, -0.2) is 25.8 Å². The zero-order chi connectivity index (χ0) is 20.6. The molecule has 154 valence electrons. The Balaban J connectivity index is 1.65. The second-order valence-corrected chi connectivity index (χ2v) is 11.1. The van der Waals surface area contributed by atoms with Gasteiger partial charge >= 0.3 is 0 Å². The molecule has 1 aliphatic rings. The molecule has 1 aliphatic carbocycles. The molecule has 0 N–H and O–H groups in total. The summed E-state index contributed by atoms with van der Waals surface area (Å²) in [6.45, 7) is 0. The molecule has 0 atom stereocenters. The van der Waals surface area contributed by atoms with Crippen LogP contribution in [0.25, 0.3) is 11.0 Å². The van der Waals surface area contributed by atoms with Crippen molar-refractivity contribution < 1.29 is 16.8 Å². The molecule has 1 heterocycles. The van der Waals surface area contributed by atoms with Gasteiger partial charge < -0.3 is 0 Å². The van der Waals surface area contributed by atoms with Crippen LogP contribution in [0.3, 0.4) is 0 Å². The van der Waals surface area contributed by atoms with Gasteiger partial charge in [0.15, 0.2) is 0 Å². The molecule has 1 aromatic heterocycles. The van der Waals surface area contributed by atoms with Crippen molar-refractivity contribution in [2.24, 2.45) is 0 Å². The highest BCUT2D eigenvalue weighted by Crippen LogP contribution is 2.27. The van der Waals surface area contributed by atoms with Crippen molar-refractivity contribution in [3.63, 3.8) is 0 Å². The SMILES string of the molecule is CN(C1CCCCC1)S(=O)(=O)c1ccc(S(=O)(=O)n2cnc3ccccc32)cc1. The second kappa shape index (κ2) is 7.55. The van der Waals surface area contributed by atoms with Gasteiger partial charge in [0, 0.05) is 13.1 Å². The number of hydrogen-bond acceptors (Lipinski definition) is 5. The molecule has 0 saturated heterocycles. The normalized spacial score (nSPS) is 16.5. The van der Waals surface area contributed by atoms with Crippen LogP contribution in [-0.4, -0.2) is 43.2 Å². The molecule has 0 radical (unpaired) electrons. The van der Waals surface area contributed by atoms with Crippen molar-refractivity contribution in [2.45, 2.75) is 47.9 Å². The van der Waals surface area contributed by atoms with Gasteiger partial charge in [-0.05, 0) is 49.2 Å². The lowest BCUT2D eigenvalue weighted by molar-refractivity contribution is 0.286. The fraction of sp³-hybridized carbons (Fsp3) is 0.350. The van der Waals surface area contributed by atoms with Crippen molar-refractivity contribution in [2.75, 3.05) is 7.05 Å². The Morgan fingerprint density at radius 3 is 2.21 bits per heavy atom. The van der Waals surface area contributed by atoms with E-state index >= 15 is 0 Å². The van der Waals surface area contributed by atoms with Crippen LogP contribution in [0.5, 0.6) is 0 Å². The topological polar surface area (TPSA) is 89.3 Å². The number of rotatable bonds is 5. The molecular formula is C20H23N3O4S2. The smallest absolute Gasteiger partial charge is 0.236 e. The molecular weight excluding hydrogens is 410 g/mol. The van der Waals surface area contributed by atoms with E-state index in [0.29, 0.717) is 11.0 Å². The quantitative estimate of drug-likeness (QED) is 0.616. The lowest BCUT2D eigenvalue weighted by atomic mass is 9.96. The molecule has 1 saturated carbocycles. The highest BCUT2D eigenvalue weighted by Gasteiger charge is 2.29. The Morgan fingerprint density at radius 1 is 0.897 bits per heavy atom. The maximum Gasteiger partial charge on any atom is 0.269 e. The maximum absolute atomic E-state index is 13.0. The van der Waals surface area contributed by atoms with E-state index in [2.05, 4.69) is 4.98 Å². The Kier molecular flexibility index (Phi) is 5.22. The summed E-state index contributed by atoms with van der Waals surface area (Å²) in [4.78, 5) is 4.23. The highest BCUT2D eigenvalue weighted by molar-refractivity contribution is 7.90. The molecule has 4 rings (SSSR count). The third-order valence-corrected chi connectivity index (χ3v) is 9.17. The summed E-state index contributed by atoms with van der Waals surface area (Å²) < 4.78 is 54.5. The number of benzene rings is 2. The van der Waals surface area contributed by atoms with E-state index in [1.807, 2.05) is 0 Å². The van der Waals surface area contributed by atoms with Crippen LogP contribution in [0.1, 0.15) is 32.1 Å². The first-order chi connectivity index (χ1) is 13.8. The van der Waals surface area contributed by atoms with Crippen LogP contribution in [0, 0.1) is 0 Å². The Morgan fingerprint density at radius 2 is 1.52 bits per heavy atom. The monoisotopic (exact) mass is 433 g/mol. The Labute approximate surface area is 171 Å². The first kappa shape index (κ1) is 20.1. The van der Waals surface area contributed by atoms with Crippen molar-refractivity contribution >= 4 is 31.1 Å². The molecule has 9 heteroatoms. The summed E-state index contributed by atoms with van der Waals surface area (Å²) in [6, 6.07) is 12.3. The van der Waals surface area contributed by atoms with Gasteiger partial charge in [0.05, 0.1) is 20.8 Å². The fourth-order valence-electron chi connectivity index (χ4n) is 3.83. The largest absolute Gasteiger partial charge is 0.269 e.